The van der Waals surface area contributed by atoms with Gasteiger partial charge in [0.2, 0.25) is 6.79 Å². The van der Waals surface area contributed by atoms with Crippen LogP contribution < -0.4 is 14.4 Å². The summed E-state index contributed by atoms with van der Waals surface area (Å²) in [5, 5.41) is 0. The molecule has 4 heterocycles. The van der Waals surface area contributed by atoms with Crippen molar-refractivity contribution >= 4 is 11.8 Å². The molecule has 0 aromatic heterocycles. The summed E-state index contributed by atoms with van der Waals surface area (Å²) in [5.74, 6) is 1.70. The van der Waals surface area contributed by atoms with Crippen molar-refractivity contribution in [2.45, 2.75) is 37.3 Å². The maximum Gasteiger partial charge on any atom is 0.410 e. The molecule has 0 radical (unpaired) electrons. The van der Waals surface area contributed by atoms with Gasteiger partial charge in [0.05, 0.1) is 6.54 Å². The summed E-state index contributed by atoms with van der Waals surface area (Å²) in [6, 6.07) is 6.86. The number of hydrogen-bond donors (Lipinski definition) is 0. The smallest absolute Gasteiger partial charge is 0.410 e. The number of amides is 1. The highest BCUT2D eigenvalue weighted by Crippen LogP contribution is 2.37. The van der Waals surface area contributed by atoms with Crippen LogP contribution >= 0.6 is 0 Å². The van der Waals surface area contributed by atoms with Crippen LogP contribution in [0.1, 0.15) is 25.7 Å². The number of likely N-dealkylation sites (N-methyl/N-ethyl adjacent to an activating group) is 1. The molecule has 0 atom stereocenters. The third-order valence-corrected chi connectivity index (χ3v) is 6.55. The Morgan fingerprint density at radius 3 is 2.48 bits per heavy atom. The van der Waals surface area contributed by atoms with E-state index in [0.717, 1.165) is 57.1 Å². The Bertz CT molecular complexity index is 724. The minimum atomic E-state index is -0.241. The van der Waals surface area contributed by atoms with E-state index in [0.29, 0.717) is 12.8 Å². The van der Waals surface area contributed by atoms with Gasteiger partial charge in [-0.3, -0.25) is 4.90 Å². The van der Waals surface area contributed by atoms with Gasteiger partial charge in [0.25, 0.3) is 0 Å². The van der Waals surface area contributed by atoms with Crippen LogP contribution in [0.2, 0.25) is 0 Å². The fourth-order valence-electron chi connectivity index (χ4n) is 4.92. The molecule has 1 spiro atoms. The van der Waals surface area contributed by atoms with Crippen molar-refractivity contribution in [3.63, 3.8) is 0 Å². The first kappa shape index (κ1) is 17.0. The SMILES string of the molecule is CN1CC2(CCN(C3CCN(c4ccc5c(c4)OCO5)CC3)CC2)OC1=O. The minimum absolute atomic E-state index is 0.166. The summed E-state index contributed by atoms with van der Waals surface area (Å²) in [4.78, 5) is 18.5. The second-order valence-electron chi connectivity index (χ2n) is 8.20. The second kappa shape index (κ2) is 6.48. The van der Waals surface area contributed by atoms with Crippen molar-refractivity contribution in [2.75, 3.05) is 51.5 Å². The molecule has 5 rings (SSSR count). The molecule has 1 amide bonds. The number of rotatable bonds is 2. The summed E-state index contributed by atoms with van der Waals surface area (Å²) in [5.41, 5.74) is 0.978. The summed E-state index contributed by atoms with van der Waals surface area (Å²) < 4.78 is 16.6. The summed E-state index contributed by atoms with van der Waals surface area (Å²) >= 11 is 0. The highest BCUT2D eigenvalue weighted by atomic mass is 16.7. The summed E-state index contributed by atoms with van der Waals surface area (Å²) in [6.45, 7) is 5.23. The predicted molar refractivity (Wildman–Crippen MR) is 100 cm³/mol. The lowest BCUT2D eigenvalue weighted by Crippen LogP contribution is -2.52. The molecule has 0 bridgehead atoms. The van der Waals surface area contributed by atoms with Crippen LogP contribution in [0.25, 0.3) is 0 Å². The molecule has 7 nitrogen and oxygen atoms in total. The number of nitrogens with zero attached hydrogens (tertiary/aromatic N) is 3. The van der Waals surface area contributed by atoms with E-state index in [4.69, 9.17) is 14.2 Å². The third kappa shape index (κ3) is 3.08. The number of benzene rings is 1. The first-order chi connectivity index (χ1) is 13.1. The number of anilines is 1. The van der Waals surface area contributed by atoms with E-state index in [2.05, 4.69) is 21.9 Å². The van der Waals surface area contributed by atoms with Crippen LogP contribution in [0.15, 0.2) is 18.2 Å². The lowest BCUT2D eigenvalue weighted by Gasteiger charge is -2.44. The molecule has 0 aliphatic carbocycles. The van der Waals surface area contributed by atoms with Gasteiger partial charge >= 0.3 is 6.09 Å². The second-order valence-corrected chi connectivity index (χ2v) is 8.20. The molecule has 1 aromatic carbocycles. The maximum absolute atomic E-state index is 11.7. The maximum atomic E-state index is 11.7. The molecule has 4 aliphatic heterocycles. The van der Waals surface area contributed by atoms with Crippen molar-refractivity contribution in [3.8, 4) is 11.5 Å². The number of likely N-dealkylation sites (tertiary alicyclic amines) is 1. The van der Waals surface area contributed by atoms with Crippen LogP contribution in [-0.2, 0) is 4.74 Å². The van der Waals surface area contributed by atoms with Gasteiger partial charge in [0.15, 0.2) is 11.5 Å². The zero-order valence-corrected chi connectivity index (χ0v) is 15.9. The zero-order chi connectivity index (χ0) is 18.4. The summed E-state index contributed by atoms with van der Waals surface area (Å²) in [6.07, 6.45) is 4.07. The normalized spacial score (nSPS) is 25.3. The molecule has 27 heavy (non-hydrogen) atoms. The van der Waals surface area contributed by atoms with Gasteiger partial charge in [-0.25, -0.2) is 4.79 Å². The van der Waals surface area contributed by atoms with Gasteiger partial charge in [-0.05, 0) is 25.0 Å². The molecule has 0 saturated carbocycles. The number of ether oxygens (including phenoxy) is 3. The fraction of sp³-hybridized carbons (Fsp3) is 0.650. The van der Waals surface area contributed by atoms with Gasteiger partial charge < -0.3 is 24.0 Å². The van der Waals surface area contributed by atoms with Crippen molar-refractivity contribution < 1.29 is 19.0 Å². The zero-order valence-electron chi connectivity index (χ0n) is 15.9. The highest BCUT2D eigenvalue weighted by molar-refractivity contribution is 5.70. The third-order valence-electron chi connectivity index (χ3n) is 6.55. The minimum Gasteiger partial charge on any atom is -0.454 e. The average Bonchev–Trinajstić information content (AvgIpc) is 3.26. The number of hydrogen-bond acceptors (Lipinski definition) is 6. The quantitative estimate of drug-likeness (QED) is 0.793. The van der Waals surface area contributed by atoms with Crippen LogP contribution in [0.5, 0.6) is 11.5 Å². The number of carbonyl (C=O) groups is 1. The van der Waals surface area contributed by atoms with E-state index in [9.17, 15) is 4.79 Å². The van der Waals surface area contributed by atoms with Crippen LogP contribution in [0, 0.1) is 0 Å². The van der Waals surface area contributed by atoms with E-state index in [1.807, 2.05) is 13.1 Å². The molecule has 1 aromatic rings. The Hall–Kier alpha value is -2.15. The molecule has 4 aliphatic rings. The average molecular weight is 373 g/mol. The van der Waals surface area contributed by atoms with Crippen LogP contribution in [0.4, 0.5) is 10.5 Å². The van der Waals surface area contributed by atoms with E-state index in [1.54, 1.807) is 4.90 Å². The van der Waals surface area contributed by atoms with Crippen molar-refractivity contribution in [1.82, 2.24) is 9.80 Å². The Morgan fingerprint density at radius 2 is 1.78 bits per heavy atom. The Balaban J connectivity index is 1.15. The van der Waals surface area contributed by atoms with E-state index in [1.165, 1.54) is 18.5 Å². The molecule has 3 saturated heterocycles. The topological polar surface area (TPSA) is 54.5 Å². The predicted octanol–water partition coefficient (Wildman–Crippen LogP) is 2.30. The fourth-order valence-corrected chi connectivity index (χ4v) is 4.92. The van der Waals surface area contributed by atoms with Gasteiger partial charge in [-0.15, -0.1) is 0 Å². The first-order valence-electron chi connectivity index (χ1n) is 9.95. The van der Waals surface area contributed by atoms with Crippen molar-refractivity contribution in [3.05, 3.63) is 18.2 Å². The molecular weight excluding hydrogens is 346 g/mol. The molecule has 3 fully saturated rings. The Labute approximate surface area is 159 Å². The molecule has 146 valence electrons. The largest absolute Gasteiger partial charge is 0.454 e. The molecule has 7 heteroatoms. The van der Waals surface area contributed by atoms with Crippen LogP contribution in [0.3, 0.4) is 0 Å². The van der Waals surface area contributed by atoms with Gasteiger partial charge in [-0.2, -0.15) is 0 Å². The van der Waals surface area contributed by atoms with Gasteiger partial charge in [-0.1, -0.05) is 0 Å². The Kier molecular flexibility index (Phi) is 4.07. The van der Waals surface area contributed by atoms with Crippen LogP contribution in [-0.4, -0.2) is 74.1 Å². The van der Waals surface area contributed by atoms with E-state index >= 15 is 0 Å². The van der Waals surface area contributed by atoms with Gasteiger partial charge in [0, 0.05) is 63.9 Å². The molecular formula is C20H27N3O4. The molecule has 0 unspecified atom stereocenters. The number of fused-ring (bicyclic) bond motifs is 1. The lowest BCUT2D eigenvalue weighted by molar-refractivity contribution is -0.0128. The first-order valence-corrected chi connectivity index (χ1v) is 9.95. The number of carbonyl (C=O) groups excluding carboxylic acids is 1. The van der Waals surface area contributed by atoms with E-state index in [-0.39, 0.29) is 11.7 Å². The molecule has 0 N–H and O–H groups in total. The monoisotopic (exact) mass is 373 g/mol. The van der Waals surface area contributed by atoms with Gasteiger partial charge in [0.1, 0.15) is 5.60 Å². The standard InChI is InChI=1S/C20H27N3O4/c1-21-13-20(27-19(21)24)6-10-23(11-7-20)15-4-8-22(9-5-15)16-2-3-17-18(12-16)26-14-25-17/h2-3,12,15H,4-11,13-14H2,1H3. The van der Waals surface area contributed by atoms with Crippen molar-refractivity contribution in [1.29, 1.82) is 0 Å². The van der Waals surface area contributed by atoms with E-state index < -0.39 is 0 Å². The Morgan fingerprint density at radius 1 is 1.04 bits per heavy atom. The summed E-state index contributed by atoms with van der Waals surface area (Å²) in [7, 11) is 1.83. The number of piperidine rings is 2. The highest BCUT2D eigenvalue weighted by Gasteiger charge is 2.46. The lowest BCUT2D eigenvalue weighted by atomic mass is 9.89. The van der Waals surface area contributed by atoms with Crippen molar-refractivity contribution in [2.24, 2.45) is 0 Å².